The Balaban J connectivity index is 1.74. The van der Waals surface area contributed by atoms with Gasteiger partial charge < -0.3 is 15.1 Å². The number of nitrogens with zero attached hydrogens (tertiary/aromatic N) is 6. The lowest BCUT2D eigenvalue weighted by Gasteiger charge is -2.23. The van der Waals surface area contributed by atoms with Crippen LogP contribution < -0.4 is 10.2 Å². The van der Waals surface area contributed by atoms with Crippen LogP contribution in [0.3, 0.4) is 0 Å². The molecule has 1 unspecified atom stereocenters. The summed E-state index contributed by atoms with van der Waals surface area (Å²) in [6, 6.07) is 0.494. The number of aryl methyl sites for hydroxylation is 3. The highest BCUT2D eigenvalue weighted by Crippen LogP contribution is 2.25. The Morgan fingerprint density at radius 3 is 2.55 bits per heavy atom. The summed E-state index contributed by atoms with van der Waals surface area (Å²) in [6.45, 7) is 11.8. The number of carbonyl (C=O) groups is 1. The van der Waals surface area contributed by atoms with Gasteiger partial charge >= 0.3 is 0 Å². The monoisotopic (exact) mass is 397 g/mol. The van der Waals surface area contributed by atoms with Crippen LogP contribution in [0.4, 0.5) is 5.82 Å². The van der Waals surface area contributed by atoms with Crippen molar-refractivity contribution in [2.75, 3.05) is 32.1 Å². The molecule has 2 aromatic rings. The minimum Gasteiger partial charge on any atom is -0.355 e. The molecule has 3 rings (SSSR count). The molecule has 8 nitrogen and oxygen atoms in total. The molecule has 0 saturated carbocycles. The molecule has 0 aliphatic carbocycles. The predicted molar refractivity (Wildman–Crippen MR) is 113 cm³/mol. The number of hydrogen-bond acceptors (Lipinski definition) is 7. The minimum atomic E-state index is -0.174. The van der Waals surface area contributed by atoms with E-state index in [4.69, 9.17) is 0 Å². The number of rotatable bonds is 5. The average molecular weight is 398 g/mol. The molecule has 1 fully saturated rings. The van der Waals surface area contributed by atoms with Crippen LogP contribution in [0.15, 0.2) is 6.20 Å². The third-order valence-electron chi connectivity index (χ3n) is 5.54. The Labute approximate surface area is 172 Å². The van der Waals surface area contributed by atoms with Gasteiger partial charge in [-0.25, -0.2) is 19.9 Å². The lowest BCUT2D eigenvalue weighted by molar-refractivity contribution is 0.0815. The normalized spacial score (nSPS) is 17.5. The van der Waals surface area contributed by atoms with Gasteiger partial charge in [-0.1, -0.05) is 0 Å². The molecule has 2 atom stereocenters. The summed E-state index contributed by atoms with van der Waals surface area (Å²) in [5, 5.41) is 3.70. The van der Waals surface area contributed by atoms with Crippen LogP contribution in [0.1, 0.15) is 58.3 Å². The molecule has 0 spiro atoms. The van der Waals surface area contributed by atoms with Gasteiger partial charge in [0.15, 0.2) is 0 Å². The van der Waals surface area contributed by atoms with E-state index < -0.39 is 0 Å². The first kappa shape index (κ1) is 21.1. The number of anilines is 1. The summed E-state index contributed by atoms with van der Waals surface area (Å²) in [5.41, 5.74) is 4.01. The van der Waals surface area contributed by atoms with Gasteiger partial charge in [-0.3, -0.25) is 4.79 Å². The van der Waals surface area contributed by atoms with E-state index in [2.05, 4.69) is 37.1 Å². The number of amides is 1. The smallest absolute Gasteiger partial charge is 0.291 e. The van der Waals surface area contributed by atoms with E-state index >= 15 is 0 Å². The van der Waals surface area contributed by atoms with Gasteiger partial charge in [-0.15, -0.1) is 0 Å². The molecule has 8 heteroatoms. The lowest BCUT2D eigenvalue weighted by Crippen LogP contribution is -2.35. The summed E-state index contributed by atoms with van der Waals surface area (Å²) in [6.07, 6.45) is 2.93. The van der Waals surface area contributed by atoms with Crippen LogP contribution in [0.25, 0.3) is 0 Å². The predicted octanol–water partition coefficient (Wildman–Crippen LogP) is 2.13. The molecule has 1 N–H and O–H groups in total. The first-order chi connectivity index (χ1) is 13.7. The summed E-state index contributed by atoms with van der Waals surface area (Å²) >= 11 is 0. The molecule has 156 valence electrons. The molecule has 1 amide bonds. The van der Waals surface area contributed by atoms with E-state index in [-0.39, 0.29) is 17.8 Å². The molecule has 0 radical (unpaired) electrons. The standard InChI is InChI=1S/C21H31N7O/c1-12-13(2)25-19(21(29)27(6)7)26-20(12)28-9-8-17(11-28)24-15(4)18-10-22-16(5)23-14(18)3/h10,15,17,24H,8-9,11H2,1-7H3/t15?,17-/m1/s1. The van der Waals surface area contributed by atoms with Gasteiger partial charge in [0, 0.05) is 68.0 Å². The van der Waals surface area contributed by atoms with Gasteiger partial charge in [0.05, 0.1) is 0 Å². The zero-order valence-electron chi connectivity index (χ0n) is 18.4. The Bertz CT molecular complexity index is 912. The fourth-order valence-corrected chi connectivity index (χ4v) is 3.77. The topological polar surface area (TPSA) is 87.1 Å². The van der Waals surface area contributed by atoms with Crippen LogP contribution >= 0.6 is 0 Å². The second-order valence-electron chi connectivity index (χ2n) is 8.06. The summed E-state index contributed by atoms with van der Waals surface area (Å²) in [4.78, 5) is 33.9. The van der Waals surface area contributed by atoms with Crippen molar-refractivity contribution in [3.05, 3.63) is 40.4 Å². The first-order valence-corrected chi connectivity index (χ1v) is 10.1. The van der Waals surface area contributed by atoms with Crippen molar-refractivity contribution in [2.45, 2.75) is 53.1 Å². The van der Waals surface area contributed by atoms with Crippen molar-refractivity contribution in [3.63, 3.8) is 0 Å². The van der Waals surface area contributed by atoms with Crippen LogP contribution in [-0.4, -0.2) is 64.0 Å². The number of nitrogens with one attached hydrogen (secondary N) is 1. The third-order valence-corrected chi connectivity index (χ3v) is 5.54. The SMILES string of the molecule is Cc1ncc(C(C)N[C@@H]2CCN(c3nc(C(=O)N(C)C)nc(C)c3C)C2)c(C)n1. The van der Waals surface area contributed by atoms with Gasteiger partial charge in [-0.2, -0.15) is 0 Å². The van der Waals surface area contributed by atoms with Crippen molar-refractivity contribution in [1.82, 2.24) is 30.2 Å². The highest BCUT2D eigenvalue weighted by Gasteiger charge is 2.28. The Hall–Kier alpha value is -2.61. The first-order valence-electron chi connectivity index (χ1n) is 10.1. The van der Waals surface area contributed by atoms with Gasteiger partial charge in [0.1, 0.15) is 11.6 Å². The molecule has 2 aromatic heterocycles. The van der Waals surface area contributed by atoms with E-state index in [1.165, 1.54) is 4.90 Å². The highest BCUT2D eigenvalue weighted by atomic mass is 16.2. The van der Waals surface area contributed by atoms with Crippen molar-refractivity contribution in [3.8, 4) is 0 Å². The molecular weight excluding hydrogens is 366 g/mol. The van der Waals surface area contributed by atoms with Gasteiger partial charge in [0.25, 0.3) is 5.91 Å². The van der Waals surface area contributed by atoms with E-state index in [0.29, 0.717) is 6.04 Å². The lowest BCUT2D eigenvalue weighted by atomic mass is 10.1. The molecular formula is C21H31N7O. The van der Waals surface area contributed by atoms with Gasteiger partial charge in [0.2, 0.25) is 5.82 Å². The number of carbonyl (C=O) groups excluding carboxylic acids is 1. The molecule has 1 saturated heterocycles. The van der Waals surface area contributed by atoms with E-state index in [9.17, 15) is 4.79 Å². The largest absolute Gasteiger partial charge is 0.355 e. The van der Waals surface area contributed by atoms with Crippen molar-refractivity contribution >= 4 is 11.7 Å². The van der Waals surface area contributed by atoms with E-state index in [1.807, 2.05) is 33.9 Å². The molecule has 1 aliphatic rings. The van der Waals surface area contributed by atoms with Crippen LogP contribution in [0.5, 0.6) is 0 Å². The zero-order chi connectivity index (χ0) is 21.3. The van der Waals surface area contributed by atoms with E-state index in [0.717, 1.165) is 53.7 Å². The van der Waals surface area contributed by atoms with Crippen molar-refractivity contribution in [2.24, 2.45) is 0 Å². The maximum atomic E-state index is 12.4. The maximum absolute atomic E-state index is 12.4. The van der Waals surface area contributed by atoms with Gasteiger partial charge in [-0.05, 0) is 41.0 Å². The van der Waals surface area contributed by atoms with E-state index in [1.54, 1.807) is 14.1 Å². The number of aromatic nitrogens is 4. The Kier molecular flexibility index (Phi) is 6.12. The maximum Gasteiger partial charge on any atom is 0.291 e. The number of hydrogen-bond donors (Lipinski definition) is 1. The van der Waals surface area contributed by atoms with Crippen molar-refractivity contribution < 1.29 is 4.79 Å². The summed E-state index contributed by atoms with van der Waals surface area (Å²) in [5.74, 6) is 1.73. The second-order valence-corrected chi connectivity index (χ2v) is 8.06. The van der Waals surface area contributed by atoms with Crippen LogP contribution in [0, 0.1) is 27.7 Å². The van der Waals surface area contributed by atoms with Crippen molar-refractivity contribution in [1.29, 1.82) is 0 Å². The molecule has 1 aliphatic heterocycles. The Morgan fingerprint density at radius 2 is 1.90 bits per heavy atom. The average Bonchev–Trinajstić information content (AvgIpc) is 3.11. The summed E-state index contributed by atoms with van der Waals surface area (Å²) < 4.78 is 0. The quantitative estimate of drug-likeness (QED) is 0.827. The fraction of sp³-hybridized carbons (Fsp3) is 0.571. The van der Waals surface area contributed by atoms with Crippen LogP contribution in [-0.2, 0) is 0 Å². The minimum absolute atomic E-state index is 0.166. The molecule has 0 aromatic carbocycles. The molecule has 0 bridgehead atoms. The zero-order valence-corrected chi connectivity index (χ0v) is 18.4. The highest BCUT2D eigenvalue weighted by molar-refractivity contribution is 5.90. The Morgan fingerprint density at radius 1 is 1.17 bits per heavy atom. The summed E-state index contributed by atoms with van der Waals surface area (Å²) in [7, 11) is 3.43. The van der Waals surface area contributed by atoms with Crippen LogP contribution in [0.2, 0.25) is 0 Å². The molecule has 3 heterocycles. The second kappa shape index (κ2) is 8.41. The fourth-order valence-electron chi connectivity index (χ4n) is 3.77. The third kappa shape index (κ3) is 4.53. The molecule has 29 heavy (non-hydrogen) atoms.